The van der Waals surface area contributed by atoms with E-state index in [1.54, 1.807) is 23.9 Å². The van der Waals surface area contributed by atoms with E-state index in [0.29, 0.717) is 18.7 Å². The fourth-order valence-corrected chi connectivity index (χ4v) is 1.51. The first-order valence-corrected chi connectivity index (χ1v) is 5.20. The van der Waals surface area contributed by atoms with E-state index in [0.717, 1.165) is 12.5 Å². The number of rotatable bonds is 5. The van der Waals surface area contributed by atoms with Gasteiger partial charge in [0.15, 0.2) is 0 Å². The first-order chi connectivity index (χ1) is 7.54. The highest BCUT2D eigenvalue weighted by Gasteiger charge is 2.03. The van der Waals surface area contributed by atoms with E-state index in [4.69, 9.17) is 5.11 Å². The molecule has 1 aromatic heterocycles. The highest BCUT2D eigenvalue weighted by molar-refractivity contribution is 5.80. The lowest BCUT2D eigenvalue weighted by atomic mass is 10.3. The van der Waals surface area contributed by atoms with Gasteiger partial charge in [0.1, 0.15) is 0 Å². The molecule has 0 aliphatic carbocycles. The first kappa shape index (κ1) is 12.3. The maximum atomic E-state index is 11.7. The van der Waals surface area contributed by atoms with E-state index < -0.39 is 5.97 Å². The zero-order chi connectivity index (χ0) is 12.1. The van der Waals surface area contributed by atoms with E-state index >= 15 is 0 Å². The van der Waals surface area contributed by atoms with Gasteiger partial charge in [-0.3, -0.25) is 9.13 Å². The van der Waals surface area contributed by atoms with Crippen LogP contribution in [-0.4, -0.2) is 20.2 Å². The summed E-state index contributed by atoms with van der Waals surface area (Å²) >= 11 is 0. The highest BCUT2D eigenvalue weighted by atomic mass is 16.4. The lowest BCUT2D eigenvalue weighted by molar-refractivity contribution is -0.131. The molecule has 0 spiro atoms. The summed E-state index contributed by atoms with van der Waals surface area (Å²) in [5.74, 6) is -0.987. The summed E-state index contributed by atoms with van der Waals surface area (Å²) in [4.78, 5) is 22.2. The molecule has 0 bridgehead atoms. The van der Waals surface area contributed by atoms with Gasteiger partial charge in [-0.2, -0.15) is 0 Å². The van der Waals surface area contributed by atoms with Gasteiger partial charge in [0, 0.05) is 31.6 Å². The van der Waals surface area contributed by atoms with Crippen molar-refractivity contribution in [3.05, 3.63) is 34.5 Å². The summed E-state index contributed by atoms with van der Waals surface area (Å²) in [7, 11) is 0. The van der Waals surface area contributed by atoms with Crippen LogP contribution in [0.1, 0.15) is 20.3 Å². The molecule has 1 heterocycles. The number of hydrogen-bond acceptors (Lipinski definition) is 2. The van der Waals surface area contributed by atoms with Crippen molar-refractivity contribution < 1.29 is 9.90 Å². The second-order valence-electron chi connectivity index (χ2n) is 3.73. The molecule has 0 saturated heterocycles. The largest absolute Gasteiger partial charge is 0.478 e. The fourth-order valence-electron chi connectivity index (χ4n) is 1.51. The minimum atomic E-state index is -0.987. The van der Waals surface area contributed by atoms with Gasteiger partial charge in [0.05, 0.1) is 0 Å². The number of aryl methyl sites for hydroxylation is 1. The molecule has 5 heteroatoms. The first-order valence-electron chi connectivity index (χ1n) is 5.20. The number of carboxylic acid groups (broad SMARTS) is 1. The standard InChI is InChI=1S/C11H16N2O3/c1-3-4-12-5-6-13(11(12)16)8-9(2)7-10(14)15/h5-7H,3-4,8H2,1-2H3,(H,14,15)/b9-7+. The number of aromatic nitrogens is 2. The summed E-state index contributed by atoms with van der Waals surface area (Å²) in [6, 6.07) is 0. The van der Waals surface area contributed by atoms with Crippen LogP contribution in [0, 0.1) is 0 Å². The van der Waals surface area contributed by atoms with Gasteiger partial charge in [0.25, 0.3) is 0 Å². The lowest BCUT2D eigenvalue weighted by Gasteiger charge is -2.01. The van der Waals surface area contributed by atoms with Crippen LogP contribution in [0.2, 0.25) is 0 Å². The Morgan fingerprint density at radius 3 is 2.62 bits per heavy atom. The fraction of sp³-hybridized carbons (Fsp3) is 0.455. The molecule has 88 valence electrons. The van der Waals surface area contributed by atoms with E-state index in [9.17, 15) is 9.59 Å². The smallest absolute Gasteiger partial charge is 0.328 e. The van der Waals surface area contributed by atoms with E-state index in [1.807, 2.05) is 6.92 Å². The number of nitrogens with zero attached hydrogens (tertiary/aromatic N) is 2. The van der Waals surface area contributed by atoms with Gasteiger partial charge in [-0.15, -0.1) is 0 Å². The monoisotopic (exact) mass is 224 g/mol. The predicted molar refractivity (Wildman–Crippen MR) is 60.4 cm³/mol. The summed E-state index contributed by atoms with van der Waals surface area (Å²) in [5, 5.41) is 8.55. The van der Waals surface area contributed by atoms with E-state index in [1.165, 1.54) is 4.57 Å². The van der Waals surface area contributed by atoms with Gasteiger partial charge >= 0.3 is 11.7 Å². The molecule has 1 rings (SSSR count). The maximum absolute atomic E-state index is 11.7. The highest BCUT2D eigenvalue weighted by Crippen LogP contribution is 1.97. The molecule has 0 fully saturated rings. The number of allylic oxidation sites excluding steroid dienone is 1. The maximum Gasteiger partial charge on any atom is 0.328 e. The van der Waals surface area contributed by atoms with E-state index in [2.05, 4.69) is 0 Å². The van der Waals surface area contributed by atoms with Crippen LogP contribution in [0.4, 0.5) is 0 Å². The zero-order valence-corrected chi connectivity index (χ0v) is 9.51. The molecule has 0 aliphatic heterocycles. The zero-order valence-electron chi connectivity index (χ0n) is 9.51. The van der Waals surface area contributed by atoms with Crippen molar-refractivity contribution in [2.24, 2.45) is 0 Å². The molecule has 5 nitrogen and oxygen atoms in total. The molecule has 0 saturated carbocycles. The molecule has 0 aliphatic rings. The Kier molecular flexibility index (Phi) is 4.10. The molecule has 0 radical (unpaired) electrons. The van der Waals surface area contributed by atoms with Crippen LogP contribution >= 0.6 is 0 Å². The quantitative estimate of drug-likeness (QED) is 0.761. The number of imidazole rings is 1. The van der Waals surface area contributed by atoms with Gasteiger partial charge in [0.2, 0.25) is 0 Å². The topological polar surface area (TPSA) is 64.2 Å². The summed E-state index contributed by atoms with van der Waals surface area (Å²) < 4.78 is 3.12. The van der Waals surface area contributed by atoms with Crippen molar-refractivity contribution >= 4 is 5.97 Å². The number of hydrogen-bond donors (Lipinski definition) is 1. The average molecular weight is 224 g/mol. The predicted octanol–water partition coefficient (Wildman–Crippen LogP) is 1.09. The molecular weight excluding hydrogens is 208 g/mol. The third-order valence-electron chi connectivity index (χ3n) is 2.17. The summed E-state index contributed by atoms with van der Waals surface area (Å²) in [5.41, 5.74) is 0.545. The van der Waals surface area contributed by atoms with Crippen molar-refractivity contribution in [2.45, 2.75) is 33.4 Å². The number of carbonyl (C=O) groups is 1. The van der Waals surface area contributed by atoms with Crippen LogP contribution in [0.5, 0.6) is 0 Å². The average Bonchev–Trinajstić information content (AvgIpc) is 2.49. The molecule has 0 aromatic carbocycles. The Morgan fingerprint density at radius 2 is 2.06 bits per heavy atom. The Bertz CT molecular complexity index is 454. The van der Waals surface area contributed by atoms with Crippen molar-refractivity contribution in [2.75, 3.05) is 0 Å². The van der Waals surface area contributed by atoms with Crippen molar-refractivity contribution in [1.82, 2.24) is 9.13 Å². The Hall–Kier alpha value is -1.78. The molecule has 1 aromatic rings. The Morgan fingerprint density at radius 1 is 1.44 bits per heavy atom. The van der Waals surface area contributed by atoms with Crippen molar-refractivity contribution in [3.63, 3.8) is 0 Å². The van der Waals surface area contributed by atoms with Gasteiger partial charge in [-0.25, -0.2) is 9.59 Å². The summed E-state index contributed by atoms with van der Waals surface area (Å²) in [6.45, 7) is 4.70. The van der Waals surface area contributed by atoms with Crippen LogP contribution in [-0.2, 0) is 17.9 Å². The Labute approximate surface area is 93.6 Å². The second kappa shape index (κ2) is 5.34. The molecule has 0 unspecified atom stereocenters. The summed E-state index contributed by atoms with van der Waals surface area (Å²) in [6.07, 6.45) is 5.41. The molecule has 0 atom stereocenters. The SMILES string of the molecule is CCCn1ccn(C/C(C)=C/C(=O)O)c1=O. The van der Waals surface area contributed by atoms with Crippen LogP contribution in [0.25, 0.3) is 0 Å². The van der Waals surface area contributed by atoms with E-state index in [-0.39, 0.29) is 5.69 Å². The number of aliphatic carboxylic acids is 1. The molecule has 16 heavy (non-hydrogen) atoms. The minimum Gasteiger partial charge on any atom is -0.478 e. The third kappa shape index (κ3) is 3.12. The molecule has 1 N–H and O–H groups in total. The normalized spacial score (nSPS) is 11.8. The van der Waals surface area contributed by atoms with Gasteiger partial charge in [-0.1, -0.05) is 6.92 Å². The third-order valence-corrected chi connectivity index (χ3v) is 2.17. The molecular formula is C11H16N2O3. The van der Waals surface area contributed by atoms with Crippen molar-refractivity contribution in [1.29, 1.82) is 0 Å². The minimum absolute atomic E-state index is 0.0972. The van der Waals surface area contributed by atoms with Crippen LogP contribution in [0.3, 0.4) is 0 Å². The Balaban J connectivity index is 2.83. The molecule has 0 amide bonds. The van der Waals surface area contributed by atoms with Gasteiger partial charge in [-0.05, 0) is 18.9 Å². The van der Waals surface area contributed by atoms with Crippen LogP contribution in [0.15, 0.2) is 28.8 Å². The van der Waals surface area contributed by atoms with Gasteiger partial charge < -0.3 is 5.11 Å². The second-order valence-corrected chi connectivity index (χ2v) is 3.73. The van der Waals surface area contributed by atoms with Crippen LogP contribution < -0.4 is 5.69 Å². The lowest BCUT2D eigenvalue weighted by Crippen LogP contribution is -2.24. The number of carboxylic acids is 1. The van der Waals surface area contributed by atoms with Crippen molar-refractivity contribution in [3.8, 4) is 0 Å².